The summed E-state index contributed by atoms with van der Waals surface area (Å²) in [5.74, 6) is -0.413. The number of amides is 1. The number of nitriles is 1. The van der Waals surface area contributed by atoms with Crippen LogP contribution in [0.25, 0.3) is 0 Å². The highest BCUT2D eigenvalue weighted by atomic mass is 32.1. The Morgan fingerprint density at radius 2 is 2.38 bits per heavy atom. The smallest absolute Gasteiger partial charge is 0.252 e. The zero-order valence-electron chi connectivity index (χ0n) is 8.78. The summed E-state index contributed by atoms with van der Waals surface area (Å²) in [5.41, 5.74) is 4.81. The second-order valence-electron chi connectivity index (χ2n) is 3.35. The minimum atomic E-state index is -0.413. The summed E-state index contributed by atoms with van der Waals surface area (Å²) >= 11 is 4.92. The maximum absolute atomic E-state index is 10.9. The predicted molar refractivity (Wildman–Crippen MR) is 61.1 cm³/mol. The van der Waals surface area contributed by atoms with Gasteiger partial charge in [0.25, 0.3) is 5.91 Å². The highest BCUT2D eigenvalue weighted by molar-refractivity contribution is 7.80. The largest absolute Gasteiger partial charge is 0.376 e. The third kappa shape index (κ3) is 4.91. The number of hydrogen-bond acceptors (Lipinski definition) is 4. The van der Waals surface area contributed by atoms with Gasteiger partial charge >= 0.3 is 0 Å². The number of rotatable bonds is 3. The Labute approximate surface area is 99.3 Å². The lowest BCUT2D eigenvalue weighted by Gasteiger charge is -2.13. The number of nitrogens with one attached hydrogen (secondary N) is 3. The van der Waals surface area contributed by atoms with E-state index in [1.807, 2.05) is 0 Å². The van der Waals surface area contributed by atoms with Crippen molar-refractivity contribution in [3.8, 4) is 6.07 Å². The van der Waals surface area contributed by atoms with Crippen LogP contribution in [0.1, 0.15) is 19.3 Å². The average Bonchev–Trinajstić information content (AvgIpc) is 2.77. The number of hydrazine groups is 1. The van der Waals surface area contributed by atoms with Gasteiger partial charge < -0.3 is 10.1 Å². The number of carbonyl (C=O) groups excluding carboxylic acids is 1. The first-order valence-corrected chi connectivity index (χ1v) is 5.44. The Kier molecular flexibility index (Phi) is 5.53. The van der Waals surface area contributed by atoms with Crippen LogP contribution in [0.3, 0.4) is 0 Å². The molecule has 1 aliphatic heterocycles. The lowest BCUT2D eigenvalue weighted by molar-refractivity contribution is -0.120. The van der Waals surface area contributed by atoms with Crippen LogP contribution in [0.5, 0.6) is 0 Å². The van der Waals surface area contributed by atoms with Crippen LogP contribution in [0.4, 0.5) is 0 Å². The van der Waals surface area contributed by atoms with Crippen LogP contribution in [-0.4, -0.2) is 30.3 Å². The molecular weight excluding hydrogens is 228 g/mol. The lowest BCUT2D eigenvalue weighted by atomic mass is 10.2. The minimum Gasteiger partial charge on any atom is -0.376 e. The van der Waals surface area contributed by atoms with Gasteiger partial charge in [-0.1, -0.05) is 0 Å². The fraction of sp³-hybridized carbons (Fsp3) is 0.667. The number of ether oxygens (including phenoxy) is 1. The standard InChI is InChI=1S/C9H14N4O2S/c10-4-3-8(14)12-13-9(16)11-6-7-2-1-5-15-7/h7H,1-3,5-6H2,(H,12,14)(H2,11,13,16)/t7-/m1/s1. The van der Waals surface area contributed by atoms with Gasteiger partial charge in [-0.05, 0) is 25.1 Å². The Hall–Kier alpha value is -1.39. The summed E-state index contributed by atoms with van der Waals surface area (Å²) in [6.07, 6.45) is 2.10. The van der Waals surface area contributed by atoms with E-state index in [9.17, 15) is 4.79 Å². The van der Waals surface area contributed by atoms with Gasteiger partial charge in [-0.2, -0.15) is 5.26 Å². The third-order valence-electron chi connectivity index (χ3n) is 2.07. The first kappa shape index (κ1) is 12.7. The summed E-state index contributed by atoms with van der Waals surface area (Å²) in [7, 11) is 0. The van der Waals surface area contributed by atoms with Crippen molar-refractivity contribution >= 4 is 23.2 Å². The first-order chi connectivity index (χ1) is 7.72. The van der Waals surface area contributed by atoms with Gasteiger partial charge in [-0.15, -0.1) is 0 Å². The average molecular weight is 242 g/mol. The summed E-state index contributed by atoms with van der Waals surface area (Å²) in [4.78, 5) is 10.9. The van der Waals surface area contributed by atoms with Gasteiger partial charge in [0.05, 0.1) is 12.2 Å². The van der Waals surface area contributed by atoms with Gasteiger partial charge in [0.2, 0.25) is 0 Å². The van der Waals surface area contributed by atoms with Crippen molar-refractivity contribution in [3.05, 3.63) is 0 Å². The molecule has 1 aliphatic rings. The molecule has 6 nitrogen and oxygen atoms in total. The van der Waals surface area contributed by atoms with E-state index in [-0.39, 0.29) is 12.5 Å². The van der Waals surface area contributed by atoms with E-state index in [2.05, 4.69) is 16.2 Å². The number of thiocarbonyl (C=S) groups is 1. The molecule has 1 rings (SSSR count). The maximum Gasteiger partial charge on any atom is 0.252 e. The van der Waals surface area contributed by atoms with Crippen molar-refractivity contribution in [2.24, 2.45) is 0 Å². The van der Waals surface area contributed by atoms with E-state index in [1.54, 1.807) is 6.07 Å². The van der Waals surface area contributed by atoms with Crippen molar-refractivity contribution in [1.82, 2.24) is 16.2 Å². The molecule has 1 saturated heterocycles. The monoisotopic (exact) mass is 242 g/mol. The van der Waals surface area contributed by atoms with Gasteiger partial charge in [0.15, 0.2) is 5.11 Å². The predicted octanol–water partition coefficient (Wildman–Crippen LogP) is -0.426. The molecule has 0 unspecified atom stereocenters. The molecule has 0 bridgehead atoms. The summed E-state index contributed by atoms with van der Waals surface area (Å²) in [6.45, 7) is 1.42. The van der Waals surface area contributed by atoms with E-state index in [4.69, 9.17) is 22.2 Å². The van der Waals surface area contributed by atoms with Gasteiger partial charge in [-0.3, -0.25) is 15.6 Å². The second-order valence-corrected chi connectivity index (χ2v) is 3.76. The molecule has 1 heterocycles. The van der Waals surface area contributed by atoms with Crippen LogP contribution in [-0.2, 0) is 9.53 Å². The fourth-order valence-electron chi connectivity index (χ4n) is 1.30. The summed E-state index contributed by atoms with van der Waals surface area (Å²) in [5, 5.41) is 11.5. The van der Waals surface area contributed by atoms with E-state index < -0.39 is 5.91 Å². The molecule has 0 spiro atoms. The zero-order valence-corrected chi connectivity index (χ0v) is 9.60. The topological polar surface area (TPSA) is 86.2 Å². The molecule has 0 aromatic carbocycles. The Morgan fingerprint density at radius 3 is 3.00 bits per heavy atom. The van der Waals surface area contributed by atoms with E-state index >= 15 is 0 Å². The molecule has 3 N–H and O–H groups in total. The first-order valence-electron chi connectivity index (χ1n) is 5.03. The van der Waals surface area contributed by atoms with E-state index in [0.717, 1.165) is 19.4 Å². The van der Waals surface area contributed by atoms with Crippen LogP contribution >= 0.6 is 12.2 Å². The van der Waals surface area contributed by atoms with Crippen molar-refractivity contribution in [2.45, 2.75) is 25.4 Å². The quantitative estimate of drug-likeness (QED) is 0.460. The molecule has 1 fully saturated rings. The molecule has 0 saturated carbocycles. The van der Waals surface area contributed by atoms with E-state index in [0.29, 0.717) is 11.7 Å². The van der Waals surface area contributed by atoms with Crippen LogP contribution in [0.2, 0.25) is 0 Å². The number of carbonyl (C=O) groups is 1. The molecular formula is C9H14N4O2S. The van der Waals surface area contributed by atoms with Crippen LogP contribution < -0.4 is 16.2 Å². The van der Waals surface area contributed by atoms with Crippen molar-refractivity contribution in [1.29, 1.82) is 5.26 Å². The second kappa shape index (κ2) is 6.98. The Bertz CT molecular complexity index is 296. The normalized spacial score (nSPS) is 18.6. The van der Waals surface area contributed by atoms with Crippen molar-refractivity contribution in [2.75, 3.05) is 13.2 Å². The SMILES string of the molecule is N#CCC(=O)NNC(=S)NC[C@H]1CCCO1. The molecule has 0 aliphatic carbocycles. The van der Waals surface area contributed by atoms with Gasteiger partial charge in [-0.25, -0.2) is 0 Å². The zero-order chi connectivity index (χ0) is 11.8. The molecule has 16 heavy (non-hydrogen) atoms. The highest BCUT2D eigenvalue weighted by Crippen LogP contribution is 2.10. The molecule has 0 aromatic rings. The fourth-order valence-corrected chi connectivity index (χ4v) is 1.43. The van der Waals surface area contributed by atoms with E-state index in [1.165, 1.54) is 0 Å². The lowest BCUT2D eigenvalue weighted by Crippen LogP contribution is -2.48. The summed E-state index contributed by atoms with van der Waals surface area (Å²) in [6, 6.07) is 1.73. The molecule has 1 amide bonds. The van der Waals surface area contributed by atoms with Gasteiger partial charge in [0.1, 0.15) is 6.42 Å². The number of nitrogens with zero attached hydrogens (tertiary/aromatic N) is 1. The summed E-state index contributed by atoms with van der Waals surface area (Å²) < 4.78 is 5.39. The molecule has 1 atom stereocenters. The number of hydrogen-bond donors (Lipinski definition) is 3. The van der Waals surface area contributed by atoms with Crippen LogP contribution in [0.15, 0.2) is 0 Å². The highest BCUT2D eigenvalue weighted by Gasteiger charge is 2.15. The molecule has 0 aromatic heterocycles. The minimum absolute atomic E-state index is 0.189. The van der Waals surface area contributed by atoms with Gasteiger partial charge in [0, 0.05) is 13.2 Å². The van der Waals surface area contributed by atoms with Crippen LogP contribution in [0, 0.1) is 11.3 Å². The maximum atomic E-state index is 10.9. The molecule has 0 radical (unpaired) electrons. The van der Waals surface area contributed by atoms with Crippen molar-refractivity contribution in [3.63, 3.8) is 0 Å². The van der Waals surface area contributed by atoms with Crippen molar-refractivity contribution < 1.29 is 9.53 Å². The third-order valence-corrected chi connectivity index (χ3v) is 2.32. The molecule has 7 heteroatoms. The molecule has 88 valence electrons. The Balaban J connectivity index is 2.06. The Morgan fingerprint density at radius 1 is 1.56 bits per heavy atom.